The first-order valence-corrected chi connectivity index (χ1v) is 13.8. The van der Waals surface area contributed by atoms with Crippen molar-refractivity contribution in [2.75, 3.05) is 31.5 Å². The van der Waals surface area contributed by atoms with Gasteiger partial charge in [0.25, 0.3) is 0 Å². The number of hydrogen-bond acceptors (Lipinski definition) is 4. The Morgan fingerprint density at radius 1 is 0.900 bits per heavy atom. The van der Waals surface area contributed by atoms with Crippen LogP contribution in [-0.2, 0) is 9.47 Å². The fourth-order valence-corrected chi connectivity index (χ4v) is 5.04. The second-order valence-electron chi connectivity index (χ2n) is 10.6. The molecule has 1 saturated heterocycles. The van der Waals surface area contributed by atoms with Crippen LogP contribution in [0.3, 0.4) is 0 Å². The second-order valence-corrected chi connectivity index (χ2v) is 10.6. The molecule has 0 saturated carbocycles. The third-order valence-corrected chi connectivity index (χ3v) is 7.27. The van der Waals surface area contributed by atoms with Crippen LogP contribution in [0.15, 0.2) is 139 Å². The zero-order chi connectivity index (χ0) is 27.8. The monoisotopic (exact) mass is 531 g/mol. The molecular weight excluding hydrogens is 494 g/mol. The van der Waals surface area contributed by atoms with Crippen LogP contribution in [0.1, 0.15) is 19.8 Å². The molecule has 5 rings (SSSR count). The van der Waals surface area contributed by atoms with Crippen molar-refractivity contribution in [3.05, 3.63) is 139 Å². The first kappa shape index (κ1) is 27.4. The molecule has 0 aromatic heterocycles. The number of rotatable bonds is 12. The summed E-state index contributed by atoms with van der Waals surface area (Å²) >= 11 is 0. The van der Waals surface area contributed by atoms with Gasteiger partial charge in [-0.15, -0.1) is 0 Å². The van der Waals surface area contributed by atoms with Crippen LogP contribution in [-0.4, -0.2) is 26.6 Å². The first-order valence-electron chi connectivity index (χ1n) is 13.8. The molecule has 2 aliphatic rings. The first-order chi connectivity index (χ1) is 19.6. The van der Waals surface area contributed by atoms with E-state index in [9.17, 15) is 0 Å². The summed E-state index contributed by atoms with van der Waals surface area (Å²) in [6, 6.07) is 27.4. The van der Waals surface area contributed by atoms with Gasteiger partial charge in [-0.2, -0.15) is 0 Å². The number of nitrogens with zero attached hydrogens (tertiary/aromatic N) is 1. The summed E-state index contributed by atoms with van der Waals surface area (Å²) < 4.78 is 17.1. The molecule has 1 aliphatic carbocycles. The molecule has 0 spiro atoms. The molecule has 0 radical (unpaired) electrons. The number of allylic oxidation sites excluding steroid dienone is 8. The third kappa shape index (κ3) is 6.53. The van der Waals surface area contributed by atoms with Gasteiger partial charge >= 0.3 is 0 Å². The molecule has 0 atom stereocenters. The van der Waals surface area contributed by atoms with E-state index < -0.39 is 0 Å². The average Bonchev–Trinajstić information content (AvgIpc) is 2.99. The molecule has 1 heterocycles. The average molecular weight is 532 g/mol. The summed E-state index contributed by atoms with van der Waals surface area (Å²) in [7, 11) is 0. The van der Waals surface area contributed by atoms with Crippen LogP contribution >= 0.6 is 0 Å². The highest BCUT2D eigenvalue weighted by Crippen LogP contribution is 2.37. The zero-order valence-electron chi connectivity index (χ0n) is 23.2. The molecule has 4 heteroatoms. The van der Waals surface area contributed by atoms with E-state index in [-0.39, 0.29) is 12.2 Å². The van der Waals surface area contributed by atoms with Crippen molar-refractivity contribution < 1.29 is 14.2 Å². The molecule has 0 unspecified atom stereocenters. The van der Waals surface area contributed by atoms with Crippen molar-refractivity contribution in [2.45, 2.75) is 19.8 Å². The lowest BCUT2D eigenvalue weighted by atomic mass is 9.90. The Balaban J connectivity index is 1.42. The lowest BCUT2D eigenvalue weighted by molar-refractivity contribution is -0.151. The van der Waals surface area contributed by atoms with Crippen molar-refractivity contribution in [3.8, 4) is 16.9 Å². The Bertz CT molecular complexity index is 1410. The molecule has 3 aromatic rings. The van der Waals surface area contributed by atoms with Crippen LogP contribution in [0.25, 0.3) is 11.1 Å². The predicted octanol–water partition coefficient (Wildman–Crippen LogP) is 8.78. The number of hydrogen-bond donors (Lipinski definition) is 0. The molecular formula is C36H37NO3. The number of benzene rings is 3. The van der Waals surface area contributed by atoms with Crippen LogP contribution in [0.5, 0.6) is 5.75 Å². The van der Waals surface area contributed by atoms with E-state index in [4.69, 9.17) is 14.2 Å². The summed E-state index contributed by atoms with van der Waals surface area (Å²) in [4.78, 5) is 2.31. The van der Waals surface area contributed by atoms with Crippen LogP contribution in [0.2, 0.25) is 0 Å². The van der Waals surface area contributed by atoms with E-state index in [1.807, 2.05) is 36.4 Å². The van der Waals surface area contributed by atoms with Gasteiger partial charge in [0.1, 0.15) is 5.75 Å². The highest BCUT2D eigenvalue weighted by molar-refractivity contribution is 5.73. The normalized spacial score (nSPS) is 16.3. The zero-order valence-corrected chi connectivity index (χ0v) is 23.2. The maximum Gasteiger partial charge on any atom is 0.189 e. The highest BCUT2D eigenvalue weighted by Gasteiger charge is 2.33. The quantitative estimate of drug-likeness (QED) is 0.133. The van der Waals surface area contributed by atoms with Crippen molar-refractivity contribution >= 4 is 11.4 Å². The third-order valence-electron chi connectivity index (χ3n) is 7.27. The van der Waals surface area contributed by atoms with Crippen molar-refractivity contribution in [2.24, 2.45) is 5.41 Å². The molecule has 3 aromatic carbocycles. The summed E-state index contributed by atoms with van der Waals surface area (Å²) in [5.74, 6) is 0.772. The minimum atomic E-state index is 0.0973. The van der Waals surface area contributed by atoms with Crippen LogP contribution in [0, 0.1) is 5.41 Å². The largest absolute Gasteiger partial charge is 0.467 e. The lowest BCUT2D eigenvalue weighted by Crippen LogP contribution is -2.43. The topological polar surface area (TPSA) is 30.9 Å². The van der Waals surface area contributed by atoms with Crippen LogP contribution in [0.4, 0.5) is 11.4 Å². The van der Waals surface area contributed by atoms with Gasteiger partial charge in [0, 0.05) is 28.6 Å². The minimum Gasteiger partial charge on any atom is -0.467 e. The van der Waals surface area contributed by atoms with Crippen molar-refractivity contribution in [1.29, 1.82) is 0 Å². The van der Waals surface area contributed by atoms with E-state index in [0.29, 0.717) is 6.61 Å². The Morgan fingerprint density at radius 3 is 2.33 bits per heavy atom. The second kappa shape index (κ2) is 12.8. The minimum absolute atomic E-state index is 0.0973. The Morgan fingerprint density at radius 2 is 1.68 bits per heavy atom. The van der Waals surface area contributed by atoms with Gasteiger partial charge in [-0.3, -0.25) is 0 Å². The molecule has 1 fully saturated rings. The van der Waals surface area contributed by atoms with Gasteiger partial charge in [0.05, 0.1) is 19.8 Å². The molecule has 1 aliphatic heterocycles. The van der Waals surface area contributed by atoms with Gasteiger partial charge in [-0.05, 0) is 65.5 Å². The van der Waals surface area contributed by atoms with E-state index in [0.717, 1.165) is 48.8 Å². The lowest BCUT2D eigenvalue weighted by Gasteiger charge is -2.37. The smallest absolute Gasteiger partial charge is 0.189 e. The molecule has 40 heavy (non-hydrogen) atoms. The fourth-order valence-electron chi connectivity index (χ4n) is 5.04. The van der Waals surface area contributed by atoms with Gasteiger partial charge < -0.3 is 19.1 Å². The molecule has 0 N–H and O–H groups in total. The van der Waals surface area contributed by atoms with E-state index in [1.165, 1.54) is 22.4 Å². The number of anilines is 2. The standard InChI is InChI=1S/C36H37NO3/c1-4-10-28(5-2)30-15-19-32(20-16-30)37(33-21-17-31(18-22-33)29-11-7-6-8-12-29)34-13-9-14-35(23-34)40-27-39-26-36(3)24-38-25-36/h4-15,17-19,21-23H,1-2,16,20,24-27H2,3H3/b28-10+. The summed E-state index contributed by atoms with van der Waals surface area (Å²) in [5.41, 5.74) is 8.21. The summed E-state index contributed by atoms with van der Waals surface area (Å²) in [6.45, 7) is 12.3. The van der Waals surface area contributed by atoms with E-state index in [2.05, 4.69) is 97.8 Å². The number of ether oxygens (including phenoxy) is 3. The Hall–Kier alpha value is -4.12. The van der Waals surface area contributed by atoms with E-state index >= 15 is 0 Å². The van der Waals surface area contributed by atoms with E-state index in [1.54, 1.807) is 0 Å². The molecule has 0 bridgehead atoms. The molecule has 204 valence electrons. The maximum absolute atomic E-state index is 6.00. The summed E-state index contributed by atoms with van der Waals surface area (Å²) in [5, 5.41) is 0. The SMILES string of the molecule is C=C/C=C(\C=C)C1=CC=C(N(c2ccc(-c3ccccc3)cc2)c2cccc(OCOCC3(C)COC3)c2)CC1. The molecule has 0 amide bonds. The summed E-state index contributed by atoms with van der Waals surface area (Å²) in [6.07, 6.45) is 11.9. The Kier molecular flexibility index (Phi) is 8.80. The van der Waals surface area contributed by atoms with Crippen molar-refractivity contribution in [3.63, 3.8) is 0 Å². The van der Waals surface area contributed by atoms with Gasteiger partial charge in [-0.1, -0.05) is 92.9 Å². The van der Waals surface area contributed by atoms with Gasteiger partial charge in [0.2, 0.25) is 0 Å². The van der Waals surface area contributed by atoms with Crippen LogP contribution < -0.4 is 9.64 Å². The highest BCUT2D eigenvalue weighted by atomic mass is 16.7. The maximum atomic E-state index is 6.00. The fraction of sp³-hybridized carbons (Fsp3) is 0.222. The predicted molar refractivity (Wildman–Crippen MR) is 165 cm³/mol. The van der Waals surface area contributed by atoms with Gasteiger partial charge in [0.15, 0.2) is 6.79 Å². The molecule has 4 nitrogen and oxygen atoms in total. The van der Waals surface area contributed by atoms with Crippen molar-refractivity contribution in [1.82, 2.24) is 0 Å². The van der Waals surface area contributed by atoms with Gasteiger partial charge in [-0.25, -0.2) is 0 Å². The Labute approximate surface area is 238 Å².